The van der Waals surface area contributed by atoms with E-state index in [0.29, 0.717) is 12.3 Å². The van der Waals surface area contributed by atoms with Gasteiger partial charge < -0.3 is 15.0 Å². The average Bonchev–Trinajstić information content (AvgIpc) is 3.00. The molecule has 0 bridgehead atoms. The van der Waals surface area contributed by atoms with Crippen LogP contribution in [0.1, 0.15) is 30.0 Å². The average molecular weight is 353 g/mol. The van der Waals surface area contributed by atoms with Gasteiger partial charge in [0.2, 0.25) is 5.91 Å². The third-order valence-corrected chi connectivity index (χ3v) is 5.52. The zero-order valence-corrected chi connectivity index (χ0v) is 14.3. The highest BCUT2D eigenvalue weighted by Gasteiger charge is 2.62. The molecular formula is C20H20FN3O2. The summed E-state index contributed by atoms with van der Waals surface area (Å²) in [7, 11) is 0. The first-order chi connectivity index (χ1) is 12.7. The second-order valence-electron chi connectivity index (χ2n) is 7.22. The van der Waals surface area contributed by atoms with Gasteiger partial charge in [-0.15, -0.1) is 0 Å². The molecule has 26 heavy (non-hydrogen) atoms. The molecule has 2 aliphatic heterocycles. The number of ether oxygens (including phenoxy) is 1. The van der Waals surface area contributed by atoms with Crippen LogP contribution in [0, 0.1) is 11.7 Å². The number of aromatic nitrogens is 1. The number of hydrogen-bond donors (Lipinski definition) is 1. The number of nitrogens with one attached hydrogen (secondary N) is 1. The number of amides is 1. The van der Waals surface area contributed by atoms with E-state index in [-0.39, 0.29) is 29.7 Å². The van der Waals surface area contributed by atoms with Crippen molar-refractivity contribution in [3.8, 4) is 5.75 Å². The normalized spacial score (nSPS) is 25.4. The van der Waals surface area contributed by atoms with Gasteiger partial charge in [0.15, 0.2) is 0 Å². The van der Waals surface area contributed by atoms with Gasteiger partial charge in [0.1, 0.15) is 23.5 Å². The Balaban J connectivity index is 1.22. The van der Waals surface area contributed by atoms with E-state index >= 15 is 0 Å². The maximum atomic E-state index is 13.4. The molecule has 5 rings (SSSR count). The molecule has 3 unspecified atom stereocenters. The van der Waals surface area contributed by atoms with E-state index in [0.717, 1.165) is 30.2 Å². The summed E-state index contributed by atoms with van der Waals surface area (Å²) < 4.78 is 19.2. The van der Waals surface area contributed by atoms with Gasteiger partial charge in [-0.3, -0.25) is 4.79 Å². The molecule has 3 aliphatic rings. The van der Waals surface area contributed by atoms with E-state index in [1.54, 1.807) is 6.07 Å². The van der Waals surface area contributed by atoms with Gasteiger partial charge in [0, 0.05) is 24.6 Å². The summed E-state index contributed by atoms with van der Waals surface area (Å²) in [5.74, 6) is 1.08. The second-order valence-corrected chi connectivity index (χ2v) is 7.22. The Morgan fingerprint density at radius 3 is 2.96 bits per heavy atom. The summed E-state index contributed by atoms with van der Waals surface area (Å²) in [6.07, 6.45) is 2.25. The number of benzene rings is 1. The largest absolute Gasteiger partial charge is 0.489 e. The van der Waals surface area contributed by atoms with Crippen molar-refractivity contribution in [1.82, 2.24) is 10.3 Å². The summed E-state index contributed by atoms with van der Waals surface area (Å²) in [4.78, 5) is 19.4. The molecule has 1 amide bonds. The van der Waals surface area contributed by atoms with Crippen LogP contribution in [0.5, 0.6) is 5.75 Å². The number of rotatable bonds is 4. The fourth-order valence-corrected chi connectivity index (χ4v) is 4.13. The minimum absolute atomic E-state index is 0.0235. The SMILES string of the molecule is O=C(NCc1cccc(N2CCCC2)n1)C1C2Oc3ccc(F)cc3C21. The van der Waals surface area contributed by atoms with E-state index in [2.05, 4.69) is 15.2 Å². The summed E-state index contributed by atoms with van der Waals surface area (Å²) in [5.41, 5.74) is 1.66. The third kappa shape index (κ3) is 2.60. The summed E-state index contributed by atoms with van der Waals surface area (Å²) in [6.45, 7) is 2.48. The zero-order valence-electron chi connectivity index (χ0n) is 14.3. The van der Waals surface area contributed by atoms with Crippen molar-refractivity contribution in [2.75, 3.05) is 18.0 Å². The first kappa shape index (κ1) is 15.6. The molecule has 3 heterocycles. The van der Waals surface area contributed by atoms with Gasteiger partial charge in [0.25, 0.3) is 0 Å². The van der Waals surface area contributed by atoms with Crippen molar-refractivity contribution in [1.29, 1.82) is 0 Å². The number of fused-ring (bicyclic) bond motifs is 3. The highest BCUT2D eigenvalue weighted by Crippen LogP contribution is 2.58. The van der Waals surface area contributed by atoms with E-state index in [1.165, 1.54) is 25.0 Å². The van der Waals surface area contributed by atoms with Crippen LogP contribution >= 0.6 is 0 Å². The molecule has 2 fully saturated rings. The molecule has 1 saturated carbocycles. The van der Waals surface area contributed by atoms with Gasteiger partial charge in [-0.05, 0) is 43.2 Å². The van der Waals surface area contributed by atoms with Gasteiger partial charge in [-0.1, -0.05) is 6.07 Å². The van der Waals surface area contributed by atoms with Crippen LogP contribution in [0.2, 0.25) is 0 Å². The summed E-state index contributed by atoms with van der Waals surface area (Å²) in [6, 6.07) is 10.4. The van der Waals surface area contributed by atoms with Gasteiger partial charge >= 0.3 is 0 Å². The van der Waals surface area contributed by atoms with Crippen LogP contribution in [0.3, 0.4) is 0 Å². The smallest absolute Gasteiger partial charge is 0.227 e. The first-order valence-corrected chi connectivity index (χ1v) is 9.15. The maximum Gasteiger partial charge on any atom is 0.227 e. The Labute approximate surface area is 151 Å². The maximum absolute atomic E-state index is 13.4. The number of anilines is 1. The molecule has 5 nitrogen and oxygen atoms in total. The number of nitrogens with zero attached hydrogens (tertiary/aromatic N) is 2. The number of hydrogen-bond acceptors (Lipinski definition) is 4. The Kier molecular flexibility index (Phi) is 3.58. The van der Waals surface area contributed by atoms with Crippen molar-refractivity contribution >= 4 is 11.7 Å². The summed E-state index contributed by atoms with van der Waals surface area (Å²) >= 11 is 0. The first-order valence-electron chi connectivity index (χ1n) is 9.15. The number of carbonyl (C=O) groups excluding carboxylic acids is 1. The molecule has 1 aliphatic carbocycles. The Bertz CT molecular complexity index is 866. The topological polar surface area (TPSA) is 54.5 Å². The van der Waals surface area contributed by atoms with Crippen molar-refractivity contribution in [3.05, 3.63) is 53.5 Å². The third-order valence-electron chi connectivity index (χ3n) is 5.52. The lowest BCUT2D eigenvalue weighted by molar-refractivity contribution is -0.123. The molecule has 3 atom stereocenters. The molecule has 1 N–H and O–H groups in total. The molecule has 1 saturated heterocycles. The highest BCUT2D eigenvalue weighted by molar-refractivity contribution is 5.85. The van der Waals surface area contributed by atoms with E-state index in [9.17, 15) is 9.18 Å². The van der Waals surface area contributed by atoms with Crippen LogP contribution < -0.4 is 15.0 Å². The number of carbonyl (C=O) groups is 1. The second kappa shape index (κ2) is 5.97. The molecule has 134 valence electrons. The minimum atomic E-state index is -0.290. The molecule has 1 aromatic carbocycles. The highest BCUT2D eigenvalue weighted by atomic mass is 19.1. The predicted octanol–water partition coefficient (Wildman–Crippen LogP) is 2.61. The molecule has 0 radical (unpaired) electrons. The summed E-state index contributed by atoms with van der Waals surface area (Å²) in [5, 5.41) is 2.96. The van der Waals surface area contributed by atoms with Crippen LogP contribution in [0.25, 0.3) is 0 Å². The van der Waals surface area contributed by atoms with Crippen molar-refractivity contribution < 1.29 is 13.9 Å². The van der Waals surface area contributed by atoms with E-state index in [4.69, 9.17) is 4.74 Å². The van der Waals surface area contributed by atoms with Crippen molar-refractivity contribution in [3.63, 3.8) is 0 Å². The van der Waals surface area contributed by atoms with Crippen LogP contribution in [0.4, 0.5) is 10.2 Å². The van der Waals surface area contributed by atoms with Crippen LogP contribution in [-0.4, -0.2) is 30.1 Å². The lowest BCUT2D eigenvalue weighted by atomic mass is 10.1. The van der Waals surface area contributed by atoms with E-state index in [1.807, 2.05) is 18.2 Å². The van der Waals surface area contributed by atoms with Gasteiger partial charge in [-0.2, -0.15) is 0 Å². The lowest BCUT2D eigenvalue weighted by Gasteiger charge is -2.17. The zero-order chi connectivity index (χ0) is 17.7. The van der Waals surface area contributed by atoms with E-state index < -0.39 is 0 Å². The van der Waals surface area contributed by atoms with Crippen molar-refractivity contribution in [2.24, 2.45) is 5.92 Å². The Morgan fingerprint density at radius 2 is 2.12 bits per heavy atom. The predicted molar refractivity (Wildman–Crippen MR) is 94.6 cm³/mol. The molecule has 0 spiro atoms. The Hall–Kier alpha value is -2.63. The van der Waals surface area contributed by atoms with Gasteiger partial charge in [0.05, 0.1) is 18.2 Å². The minimum Gasteiger partial charge on any atom is -0.489 e. The standard InChI is InChI=1S/C20H20FN3O2/c21-12-6-7-15-14(10-12)17-18(19(17)26-15)20(25)22-11-13-4-3-5-16(23-13)24-8-1-2-9-24/h3-7,10,17-19H,1-2,8-9,11H2,(H,22,25). The number of pyridine rings is 1. The van der Waals surface area contributed by atoms with Crippen molar-refractivity contribution in [2.45, 2.75) is 31.4 Å². The van der Waals surface area contributed by atoms with Crippen LogP contribution in [-0.2, 0) is 11.3 Å². The quantitative estimate of drug-likeness (QED) is 0.918. The molecule has 1 aromatic heterocycles. The monoisotopic (exact) mass is 353 g/mol. The molecule has 6 heteroatoms. The van der Waals surface area contributed by atoms with Crippen LogP contribution in [0.15, 0.2) is 36.4 Å². The number of halogens is 1. The fourth-order valence-electron chi connectivity index (χ4n) is 4.13. The Morgan fingerprint density at radius 1 is 1.27 bits per heavy atom. The fraction of sp³-hybridized carbons (Fsp3) is 0.400. The molecular weight excluding hydrogens is 333 g/mol. The molecule has 2 aromatic rings. The lowest BCUT2D eigenvalue weighted by Crippen LogP contribution is -2.28. The van der Waals surface area contributed by atoms with Gasteiger partial charge in [-0.25, -0.2) is 9.37 Å².